The molecule has 1 fully saturated rings. The first-order valence-electron chi connectivity index (χ1n) is 9.93. The van der Waals surface area contributed by atoms with Crippen molar-refractivity contribution in [2.45, 2.75) is 41.8 Å². The number of ether oxygens (including phenoxy) is 2. The van der Waals surface area contributed by atoms with Crippen molar-refractivity contribution in [3.63, 3.8) is 0 Å². The summed E-state index contributed by atoms with van der Waals surface area (Å²) in [6.45, 7) is 0. The van der Waals surface area contributed by atoms with Crippen LogP contribution in [0.4, 0.5) is 61.5 Å². The molecule has 0 radical (unpaired) electrons. The maximum atomic E-state index is 15.1. The molecule has 0 N–H and O–H groups in total. The predicted molar refractivity (Wildman–Crippen MR) is 101 cm³/mol. The number of hydrogen-bond donors (Lipinski definition) is 0. The number of hydrogen-bond acceptors (Lipinski definition) is 4. The van der Waals surface area contributed by atoms with Gasteiger partial charge in [0.1, 0.15) is 11.5 Å². The summed E-state index contributed by atoms with van der Waals surface area (Å²) in [5.41, 5.74) is 0.609. The van der Waals surface area contributed by atoms with Gasteiger partial charge in [-0.05, 0) is 35.4 Å². The van der Waals surface area contributed by atoms with E-state index >= 15 is 4.39 Å². The Morgan fingerprint density at radius 1 is 0.641 bits per heavy atom. The van der Waals surface area contributed by atoms with Crippen LogP contribution in [0.15, 0.2) is 48.5 Å². The molecule has 18 heteroatoms. The largest absolute Gasteiger partial charge is 0.497 e. The lowest BCUT2D eigenvalue weighted by molar-refractivity contribution is -0.534. The van der Waals surface area contributed by atoms with Crippen LogP contribution in [0.3, 0.4) is 0 Å². The normalized spacial score (nSPS) is 22.9. The SMILES string of the molecule is COc1ccc(-c2ccc(OC(=O)[C@](F)(N3C(F)(F)C(F)(F)C(F)(F)C(F)(F)C3(F)F)C(F)(F)F)cc2)cc1. The van der Waals surface area contributed by atoms with Crippen molar-refractivity contribution in [2.75, 3.05) is 7.11 Å². The number of alkyl halides is 14. The first-order valence-corrected chi connectivity index (χ1v) is 9.93. The molecule has 1 aliphatic rings. The van der Waals surface area contributed by atoms with Gasteiger partial charge in [0.15, 0.2) is 0 Å². The highest BCUT2D eigenvalue weighted by atomic mass is 19.4. The number of esters is 1. The zero-order chi connectivity index (χ0) is 30.0. The standard InChI is InChI=1S/C21H11F14NO3/c1-38-12-6-2-10(3-7-12)11-4-8-13(9-5-11)39-14(37)15(22,19(29,30)31)36-20(32,33)17(25,26)16(23,24)18(27,28)21(36,34)35/h2-9H,1H3/t15-/m0/s1. The Morgan fingerprint density at radius 2 is 1.00 bits per heavy atom. The van der Waals surface area contributed by atoms with E-state index in [-0.39, 0.29) is 5.56 Å². The molecule has 1 heterocycles. The quantitative estimate of drug-likeness (QED) is 0.164. The van der Waals surface area contributed by atoms with Gasteiger partial charge in [-0.2, -0.15) is 57.1 Å². The number of halogens is 14. The summed E-state index contributed by atoms with van der Waals surface area (Å²) in [4.78, 5) is 8.12. The Balaban J connectivity index is 2.08. The summed E-state index contributed by atoms with van der Waals surface area (Å²) in [7, 11) is 1.34. The molecular formula is C21H11F14NO3. The van der Waals surface area contributed by atoms with Gasteiger partial charge in [0.05, 0.1) is 7.11 Å². The fourth-order valence-corrected chi connectivity index (χ4v) is 3.43. The van der Waals surface area contributed by atoms with E-state index in [1.807, 2.05) is 0 Å². The first kappa shape index (κ1) is 30.2. The molecule has 4 nitrogen and oxygen atoms in total. The van der Waals surface area contributed by atoms with Crippen LogP contribution < -0.4 is 9.47 Å². The second kappa shape index (κ2) is 8.85. The fourth-order valence-electron chi connectivity index (χ4n) is 3.43. The molecule has 0 saturated carbocycles. The van der Waals surface area contributed by atoms with E-state index in [4.69, 9.17) is 4.74 Å². The highest BCUT2D eigenvalue weighted by molar-refractivity contribution is 5.83. The highest BCUT2D eigenvalue weighted by Gasteiger charge is 2.99. The topological polar surface area (TPSA) is 38.8 Å². The van der Waals surface area contributed by atoms with E-state index in [0.29, 0.717) is 23.4 Å². The Kier molecular flexibility index (Phi) is 6.86. The average molecular weight is 591 g/mol. The maximum Gasteiger partial charge on any atom is 0.448 e. The van der Waals surface area contributed by atoms with Crippen molar-refractivity contribution < 1.29 is 75.7 Å². The summed E-state index contributed by atoms with van der Waals surface area (Å²) in [5.74, 6) is -35.1. The molecule has 0 spiro atoms. The third kappa shape index (κ3) is 4.05. The Morgan fingerprint density at radius 3 is 1.33 bits per heavy atom. The third-order valence-electron chi connectivity index (χ3n) is 5.55. The van der Waals surface area contributed by atoms with Crippen LogP contribution in [0.5, 0.6) is 11.5 Å². The van der Waals surface area contributed by atoms with Crippen molar-refractivity contribution in [1.29, 1.82) is 0 Å². The van der Waals surface area contributed by atoms with Gasteiger partial charge >= 0.3 is 47.8 Å². The monoisotopic (exact) mass is 591 g/mol. The lowest BCUT2D eigenvalue weighted by atomic mass is 9.91. The van der Waals surface area contributed by atoms with Crippen molar-refractivity contribution >= 4 is 5.97 Å². The Labute approximate surface area is 207 Å². The van der Waals surface area contributed by atoms with Crippen LogP contribution in [-0.2, 0) is 4.79 Å². The molecule has 0 bridgehead atoms. The minimum atomic E-state index is -7.76. The number of nitrogens with zero attached hydrogens (tertiary/aromatic N) is 1. The molecular weight excluding hydrogens is 580 g/mol. The van der Waals surface area contributed by atoms with Crippen LogP contribution >= 0.6 is 0 Å². The maximum absolute atomic E-state index is 15.1. The first-order chi connectivity index (χ1) is 17.5. The van der Waals surface area contributed by atoms with Crippen LogP contribution in [0.2, 0.25) is 0 Å². The molecule has 1 atom stereocenters. The number of benzene rings is 2. The molecule has 0 unspecified atom stereocenters. The molecule has 216 valence electrons. The van der Waals surface area contributed by atoms with Crippen LogP contribution in [0.25, 0.3) is 11.1 Å². The molecule has 0 aromatic heterocycles. The van der Waals surface area contributed by atoms with Crippen LogP contribution in [0, 0.1) is 0 Å². The van der Waals surface area contributed by atoms with E-state index < -0.39 is 58.4 Å². The lowest BCUT2D eigenvalue weighted by Gasteiger charge is -2.54. The van der Waals surface area contributed by atoms with E-state index in [1.54, 1.807) is 0 Å². The highest BCUT2D eigenvalue weighted by Crippen LogP contribution is 2.67. The summed E-state index contributed by atoms with van der Waals surface area (Å²) in [6, 6.07) is -6.59. The zero-order valence-corrected chi connectivity index (χ0v) is 18.6. The number of piperidine rings is 1. The summed E-state index contributed by atoms with van der Waals surface area (Å²) in [5, 5.41) is 0. The van der Waals surface area contributed by atoms with Gasteiger partial charge in [0, 0.05) is 0 Å². The van der Waals surface area contributed by atoms with E-state index in [0.717, 1.165) is 12.1 Å². The van der Waals surface area contributed by atoms with Gasteiger partial charge in [-0.1, -0.05) is 24.3 Å². The molecule has 2 aromatic carbocycles. The van der Waals surface area contributed by atoms with Gasteiger partial charge in [0.25, 0.3) is 0 Å². The predicted octanol–water partition coefficient (Wildman–Crippen LogP) is 6.90. The van der Waals surface area contributed by atoms with Crippen molar-refractivity contribution in [3.8, 4) is 22.6 Å². The van der Waals surface area contributed by atoms with Gasteiger partial charge in [-0.15, -0.1) is 4.90 Å². The van der Waals surface area contributed by atoms with E-state index in [9.17, 15) is 61.9 Å². The average Bonchev–Trinajstić information content (AvgIpc) is 2.82. The van der Waals surface area contributed by atoms with Crippen LogP contribution in [0.1, 0.15) is 0 Å². The number of carbonyl (C=O) groups is 1. The number of carbonyl (C=O) groups excluding carboxylic acids is 1. The molecule has 0 amide bonds. The van der Waals surface area contributed by atoms with E-state index in [1.165, 1.54) is 31.4 Å². The fraction of sp³-hybridized carbons (Fsp3) is 0.381. The molecule has 2 aromatic rings. The third-order valence-corrected chi connectivity index (χ3v) is 5.55. The minimum Gasteiger partial charge on any atom is -0.497 e. The van der Waals surface area contributed by atoms with E-state index in [2.05, 4.69) is 4.74 Å². The molecule has 0 aliphatic carbocycles. The Hall–Kier alpha value is -3.31. The van der Waals surface area contributed by atoms with Gasteiger partial charge in [-0.25, -0.2) is 9.18 Å². The number of methoxy groups -OCH3 is 1. The molecule has 3 rings (SSSR count). The molecule has 1 saturated heterocycles. The second-order valence-electron chi connectivity index (χ2n) is 7.90. The minimum absolute atomic E-state index is 0.218. The van der Waals surface area contributed by atoms with Crippen molar-refractivity contribution in [1.82, 2.24) is 4.90 Å². The van der Waals surface area contributed by atoms with Crippen LogP contribution in [-0.4, -0.2) is 59.8 Å². The smallest absolute Gasteiger partial charge is 0.448 e. The summed E-state index contributed by atoms with van der Waals surface area (Å²) in [6.07, 6.45) is -7.45. The lowest BCUT2D eigenvalue weighted by Crippen LogP contribution is -2.87. The molecule has 39 heavy (non-hydrogen) atoms. The Bertz CT molecular complexity index is 1200. The number of likely N-dealkylation sites (tertiary alicyclic amines) is 1. The van der Waals surface area contributed by atoms with Gasteiger partial charge in [-0.3, -0.25) is 0 Å². The second-order valence-corrected chi connectivity index (χ2v) is 7.90. The summed E-state index contributed by atoms with van der Waals surface area (Å²) >= 11 is 0. The van der Waals surface area contributed by atoms with Gasteiger partial charge in [0.2, 0.25) is 0 Å². The van der Waals surface area contributed by atoms with Gasteiger partial charge < -0.3 is 9.47 Å². The molecule has 1 aliphatic heterocycles. The summed E-state index contributed by atoms with van der Waals surface area (Å²) < 4.78 is 202. The van der Waals surface area contributed by atoms with Crippen molar-refractivity contribution in [2.24, 2.45) is 0 Å². The zero-order valence-electron chi connectivity index (χ0n) is 18.6. The number of rotatable bonds is 5. The van der Waals surface area contributed by atoms with Crippen molar-refractivity contribution in [3.05, 3.63) is 48.5 Å².